The topological polar surface area (TPSA) is 264 Å². The molecule has 240 valence electrons. The average Bonchev–Trinajstić information content (AvgIpc) is 3.52. The molecule has 12 N–H and O–H groups in total. The Morgan fingerprint density at radius 1 is 0.822 bits per heavy atom. The summed E-state index contributed by atoms with van der Waals surface area (Å²) in [6.07, 6.45) is 3.35. The van der Waals surface area contributed by atoms with Crippen LogP contribution in [-0.2, 0) is 38.4 Å². The van der Waals surface area contributed by atoms with Crippen molar-refractivity contribution in [3.63, 3.8) is 0 Å². The molecule has 15 heteroatoms. The van der Waals surface area contributed by atoms with Gasteiger partial charge < -0.3 is 48.3 Å². The predicted molar refractivity (Wildman–Crippen MR) is 166 cm³/mol. The van der Waals surface area contributed by atoms with Crippen LogP contribution in [0.1, 0.15) is 29.7 Å². The van der Waals surface area contributed by atoms with Crippen LogP contribution in [0.2, 0.25) is 0 Å². The number of H-pyrrole nitrogens is 1. The molecule has 3 aromatic rings. The molecule has 0 saturated heterocycles. The van der Waals surface area contributed by atoms with Crippen molar-refractivity contribution in [3.05, 3.63) is 83.9 Å². The fraction of sp³-hybridized carbons (Fsp3) is 0.333. The van der Waals surface area contributed by atoms with Crippen LogP contribution in [0.15, 0.2) is 72.1 Å². The summed E-state index contributed by atoms with van der Waals surface area (Å²) < 4.78 is 0. The third-order valence-corrected chi connectivity index (χ3v) is 6.82. The molecule has 0 fully saturated rings. The van der Waals surface area contributed by atoms with E-state index in [0.717, 1.165) is 5.56 Å². The molecular weight excluding hydrogens is 582 g/mol. The van der Waals surface area contributed by atoms with Crippen molar-refractivity contribution in [2.45, 2.75) is 56.3 Å². The number of hydrogen-bond donors (Lipinski definition) is 9. The highest BCUT2D eigenvalue weighted by Crippen LogP contribution is 2.12. The SMILES string of the molecule is NC(N)=NCCCC(NC(=O)C(Cc1ccccc1)NC(=O)C(N)Cc1ccc(O)cc1)C(=O)NC(Cc1cnc[nH]1)C(=O)O. The fourth-order valence-electron chi connectivity index (χ4n) is 4.45. The second kappa shape index (κ2) is 17.0. The van der Waals surface area contributed by atoms with E-state index >= 15 is 0 Å². The summed E-state index contributed by atoms with van der Waals surface area (Å²) in [6, 6.07) is 10.6. The first-order chi connectivity index (χ1) is 21.5. The molecule has 0 bridgehead atoms. The Balaban J connectivity index is 1.78. The number of carboxylic acid groups (broad SMARTS) is 1. The Bertz CT molecular complexity index is 1430. The highest BCUT2D eigenvalue weighted by atomic mass is 16.4. The largest absolute Gasteiger partial charge is 0.508 e. The van der Waals surface area contributed by atoms with Crippen molar-refractivity contribution in [2.75, 3.05) is 6.54 Å². The summed E-state index contributed by atoms with van der Waals surface area (Å²) in [4.78, 5) is 62.6. The van der Waals surface area contributed by atoms with E-state index in [1.54, 1.807) is 36.4 Å². The third-order valence-electron chi connectivity index (χ3n) is 6.82. The number of nitrogens with one attached hydrogen (secondary N) is 4. The maximum absolute atomic E-state index is 13.7. The maximum Gasteiger partial charge on any atom is 0.326 e. The van der Waals surface area contributed by atoms with Gasteiger partial charge in [-0.2, -0.15) is 0 Å². The molecule has 4 atom stereocenters. The van der Waals surface area contributed by atoms with E-state index in [1.165, 1.54) is 24.7 Å². The molecule has 0 aliphatic heterocycles. The van der Waals surface area contributed by atoms with Gasteiger partial charge in [-0.05, 0) is 42.5 Å². The first kappa shape index (κ1) is 34.1. The number of aliphatic carboxylic acids is 1. The van der Waals surface area contributed by atoms with Crippen molar-refractivity contribution in [1.82, 2.24) is 25.9 Å². The first-order valence-electron chi connectivity index (χ1n) is 14.3. The van der Waals surface area contributed by atoms with Gasteiger partial charge in [0.05, 0.1) is 12.4 Å². The van der Waals surface area contributed by atoms with Gasteiger partial charge in [0, 0.05) is 31.3 Å². The molecule has 0 spiro atoms. The summed E-state index contributed by atoms with van der Waals surface area (Å²) in [6.45, 7) is 0.161. The summed E-state index contributed by atoms with van der Waals surface area (Å²) in [5, 5.41) is 27.1. The predicted octanol–water partition coefficient (Wildman–Crippen LogP) is -0.937. The number of benzene rings is 2. The van der Waals surface area contributed by atoms with Gasteiger partial charge in [-0.25, -0.2) is 9.78 Å². The first-order valence-corrected chi connectivity index (χ1v) is 14.3. The van der Waals surface area contributed by atoms with Gasteiger partial charge >= 0.3 is 5.97 Å². The van der Waals surface area contributed by atoms with Crippen molar-refractivity contribution in [2.24, 2.45) is 22.2 Å². The van der Waals surface area contributed by atoms with E-state index in [9.17, 15) is 29.4 Å². The van der Waals surface area contributed by atoms with Gasteiger partial charge in [0.1, 0.15) is 23.9 Å². The number of guanidine groups is 1. The number of carbonyl (C=O) groups is 4. The molecule has 45 heavy (non-hydrogen) atoms. The Labute approximate surface area is 259 Å². The average molecular weight is 622 g/mol. The number of imidazole rings is 1. The zero-order valence-corrected chi connectivity index (χ0v) is 24.6. The number of aromatic nitrogens is 2. The fourth-order valence-corrected chi connectivity index (χ4v) is 4.45. The monoisotopic (exact) mass is 621 g/mol. The van der Waals surface area contributed by atoms with Crippen LogP contribution in [0.4, 0.5) is 0 Å². The lowest BCUT2D eigenvalue weighted by Crippen LogP contribution is -2.58. The molecule has 1 heterocycles. The zero-order valence-electron chi connectivity index (χ0n) is 24.6. The molecule has 0 saturated carbocycles. The van der Waals surface area contributed by atoms with Gasteiger partial charge in [0.15, 0.2) is 5.96 Å². The van der Waals surface area contributed by atoms with Crippen LogP contribution < -0.4 is 33.2 Å². The van der Waals surface area contributed by atoms with Crippen molar-refractivity contribution in [1.29, 1.82) is 0 Å². The Kier molecular flexibility index (Phi) is 12.9. The molecule has 1 aromatic heterocycles. The van der Waals surface area contributed by atoms with E-state index in [4.69, 9.17) is 17.2 Å². The van der Waals surface area contributed by atoms with Crippen LogP contribution in [0.3, 0.4) is 0 Å². The van der Waals surface area contributed by atoms with Crippen LogP contribution >= 0.6 is 0 Å². The Hall–Kier alpha value is -5.44. The summed E-state index contributed by atoms with van der Waals surface area (Å²) in [7, 11) is 0. The molecule has 0 aliphatic rings. The van der Waals surface area contributed by atoms with Crippen LogP contribution in [0.5, 0.6) is 5.75 Å². The van der Waals surface area contributed by atoms with Gasteiger partial charge in [-0.1, -0.05) is 42.5 Å². The second-order valence-electron chi connectivity index (χ2n) is 10.4. The highest BCUT2D eigenvalue weighted by Gasteiger charge is 2.30. The second-order valence-corrected chi connectivity index (χ2v) is 10.4. The Morgan fingerprint density at radius 3 is 2.07 bits per heavy atom. The minimum Gasteiger partial charge on any atom is -0.508 e. The number of amides is 3. The number of carbonyl (C=O) groups excluding carboxylic acids is 3. The third kappa shape index (κ3) is 11.6. The number of phenolic OH excluding ortho intramolecular Hbond substituents is 1. The molecule has 3 rings (SSSR count). The van der Waals surface area contributed by atoms with E-state index in [-0.39, 0.29) is 50.4 Å². The molecule has 0 aliphatic carbocycles. The van der Waals surface area contributed by atoms with Crippen LogP contribution in [-0.4, -0.2) is 80.5 Å². The molecule has 2 aromatic carbocycles. The van der Waals surface area contributed by atoms with Crippen molar-refractivity contribution >= 4 is 29.7 Å². The van der Waals surface area contributed by atoms with Gasteiger partial charge in [-0.15, -0.1) is 0 Å². The Morgan fingerprint density at radius 2 is 1.44 bits per heavy atom. The number of aromatic amines is 1. The number of aliphatic imine (C=N–C) groups is 1. The van der Waals surface area contributed by atoms with E-state index in [1.807, 2.05) is 6.07 Å². The number of nitrogens with two attached hydrogens (primary N) is 3. The van der Waals surface area contributed by atoms with Crippen LogP contribution in [0, 0.1) is 0 Å². The van der Waals surface area contributed by atoms with Crippen molar-refractivity contribution < 1.29 is 29.4 Å². The maximum atomic E-state index is 13.7. The van der Waals surface area contributed by atoms with Gasteiger partial charge in [0.2, 0.25) is 17.7 Å². The van der Waals surface area contributed by atoms with Crippen molar-refractivity contribution in [3.8, 4) is 5.75 Å². The van der Waals surface area contributed by atoms with Gasteiger partial charge in [-0.3, -0.25) is 19.4 Å². The lowest BCUT2D eigenvalue weighted by atomic mass is 10.0. The molecule has 15 nitrogen and oxygen atoms in total. The molecule has 3 amide bonds. The lowest BCUT2D eigenvalue weighted by molar-refractivity contribution is -0.142. The highest BCUT2D eigenvalue weighted by molar-refractivity contribution is 5.94. The minimum absolute atomic E-state index is 0.0666. The number of nitrogens with zero attached hydrogens (tertiary/aromatic N) is 2. The number of aromatic hydroxyl groups is 1. The number of rotatable bonds is 17. The quantitative estimate of drug-likeness (QED) is 0.0507. The summed E-state index contributed by atoms with van der Waals surface area (Å²) >= 11 is 0. The van der Waals surface area contributed by atoms with Gasteiger partial charge in [0.25, 0.3) is 0 Å². The number of carboxylic acids is 1. The molecule has 0 radical (unpaired) electrons. The lowest BCUT2D eigenvalue weighted by Gasteiger charge is -2.25. The van der Waals surface area contributed by atoms with E-state index in [2.05, 4.69) is 30.9 Å². The number of hydrogen-bond acceptors (Lipinski definition) is 8. The number of phenols is 1. The molecular formula is C30H39N9O6. The zero-order chi connectivity index (χ0) is 32.8. The molecule has 4 unspecified atom stereocenters. The smallest absolute Gasteiger partial charge is 0.326 e. The summed E-state index contributed by atoms with van der Waals surface area (Å²) in [5.41, 5.74) is 18.9. The van der Waals surface area contributed by atoms with E-state index in [0.29, 0.717) is 11.3 Å². The minimum atomic E-state index is -1.31. The normalized spacial score (nSPS) is 13.4. The standard InChI is InChI=1S/C30H39N9O6/c31-22(13-19-8-10-21(40)11-9-19)26(41)38-24(14-18-5-2-1-3-6-18)28(43)37-23(7-4-12-35-30(32)33)27(42)39-25(29(44)45)15-20-16-34-17-36-20/h1-3,5-6,8-11,16-17,22-25,40H,4,7,12-15,31H2,(H,34,36)(H,37,43)(H,38,41)(H,39,42)(H,44,45)(H4,32,33,35). The van der Waals surface area contributed by atoms with Crippen LogP contribution in [0.25, 0.3) is 0 Å². The summed E-state index contributed by atoms with van der Waals surface area (Å²) in [5.74, 6) is -3.36. The van der Waals surface area contributed by atoms with E-state index < -0.39 is 47.9 Å².